The Morgan fingerprint density at radius 1 is 1.25 bits per heavy atom. The number of nitrogens with zero attached hydrogens (tertiary/aromatic N) is 4. The number of allylic oxidation sites excluding steroid dienone is 3. The van der Waals surface area contributed by atoms with E-state index in [2.05, 4.69) is 53.5 Å². The lowest BCUT2D eigenvalue weighted by Crippen LogP contribution is -2.45. The minimum atomic E-state index is 0.00717. The fourth-order valence-corrected chi connectivity index (χ4v) is 4.86. The largest absolute Gasteiger partial charge is 0.384 e. The molecule has 0 radical (unpaired) electrons. The van der Waals surface area contributed by atoms with Gasteiger partial charge in [0.15, 0.2) is 5.65 Å². The SMILES string of the molecule is C=C1NC(=O)CC(CCC(CC)c2cc(N)n3ncc(C4=CCC=C(c5ccccc5)N=C4)c3n2)N1. The number of rotatable bonds is 7. The van der Waals surface area contributed by atoms with Crippen molar-refractivity contribution in [2.45, 2.75) is 51.0 Å². The minimum Gasteiger partial charge on any atom is -0.384 e. The van der Waals surface area contributed by atoms with E-state index in [1.54, 1.807) is 4.52 Å². The number of hydrogen-bond acceptors (Lipinski definition) is 6. The van der Waals surface area contributed by atoms with E-state index in [0.29, 0.717) is 18.1 Å². The molecule has 8 nitrogen and oxygen atoms in total. The molecular formula is C28H31N7O. The molecule has 0 saturated carbocycles. The molecule has 1 saturated heterocycles. The van der Waals surface area contributed by atoms with Crippen LogP contribution in [0.15, 0.2) is 72.1 Å². The van der Waals surface area contributed by atoms with E-state index < -0.39 is 0 Å². The summed E-state index contributed by atoms with van der Waals surface area (Å²) in [5.41, 5.74) is 12.0. The van der Waals surface area contributed by atoms with Crippen molar-refractivity contribution in [2.75, 3.05) is 5.73 Å². The first-order chi connectivity index (χ1) is 17.5. The van der Waals surface area contributed by atoms with Gasteiger partial charge in [0, 0.05) is 47.5 Å². The molecule has 0 aliphatic carbocycles. The van der Waals surface area contributed by atoms with Crippen LogP contribution >= 0.6 is 0 Å². The van der Waals surface area contributed by atoms with Gasteiger partial charge in [0.2, 0.25) is 5.91 Å². The van der Waals surface area contributed by atoms with Gasteiger partial charge in [-0.25, -0.2) is 4.98 Å². The first-order valence-corrected chi connectivity index (χ1v) is 12.4. The highest BCUT2D eigenvalue weighted by Gasteiger charge is 2.23. The third-order valence-electron chi connectivity index (χ3n) is 6.77. The molecule has 1 amide bonds. The van der Waals surface area contributed by atoms with Crippen LogP contribution in [-0.2, 0) is 4.79 Å². The molecule has 4 N–H and O–H groups in total. The summed E-state index contributed by atoms with van der Waals surface area (Å²) in [7, 11) is 0. The summed E-state index contributed by atoms with van der Waals surface area (Å²) in [5, 5.41) is 10.5. The maximum atomic E-state index is 11.9. The second-order valence-corrected chi connectivity index (χ2v) is 9.26. The second kappa shape index (κ2) is 10.2. The quantitative estimate of drug-likeness (QED) is 0.462. The number of aliphatic imine (C=N–C) groups is 1. The van der Waals surface area contributed by atoms with E-state index >= 15 is 0 Å². The Morgan fingerprint density at radius 2 is 2.08 bits per heavy atom. The van der Waals surface area contributed by atoms with Gasteiger partial charge in [0.25, 0.3) is 0 Å². The second-order valence-electron chi connectivity index (χ2n) is 9.26. The fraction of sp³-hybridized carbons (Fsp3) is 0.286. The smallest absolute Gasteiger partial charge is 0.227 e. The Morgan fingerprint density at radius 3 is 2.86 bits per heavy atom. The average molecular weight is 482 g/mol. The van der Waals surface area contributed by atoms with Gasteiger partial charge in [-0.2, -0.15) is 9.61 Å². The molecule has 1 fully saturated rings. The third kappa shape index (κ3) is 4.93. The predicted molar refractivity (Wildman–Crippen MR) is 144 cm³/mol. The Balaban J connectivity index is 1.39. The molecule has 2 aromatic heterocycles. The van der Waals surface area contributed by atoms with Crippen molar-refractivity contribution < 1.29 is 4.79 Å². The fourth-order valence-electron chi connectivity index (χ4n) is 4.86. The summed E-state index contributed by atoms with van der Waals surface area (Å²) in [6.07, 6.45) is 11.8. The highest BCUT2D eigenvalue weighted by atomic mass is 16.1. The normalized spacial score (nSPS) is 18.8. The Bertz CT molecular complexity index is 1370. The number of nitrogens with one attached hydrogen (secondary N) is 2. The molecule has 2 atom stereocenters. The standard InChI is InChI=1S/C28H31N7O/c1-3-19(12-13-22-14-27(36)33-18(2)32-22)25-15-26(29)35-28(34-25)23(17-31-35)21-10-7-11-24(30-16-21)20-8-5-4-6-9-20/h4-6,8-11,15-17,19,22,32H,2-3,7,12-14,29H2,1H3,(H,33,36). The molecule has 3 aromatic rings. The van der Waals surface area contributed by atoms with E-state index in [4.69, 9.17) is 15.7 Å². The number of anilines is 1. The number of carbonyl (C=O) groups is 1. The minimum absolute atomic E-state index is 0.00717. The number of benzene rings is 1. The first-order valence-electron chi connectivity index (χ1n) is 12.4. The van der Waals surface area contributed by atoms with E-state index in [-0.39, 0.29) is 17.9 Å². The van der Waals surface area contributed by atoms with Gasteiger partial charge in [-0.3, -0.25) is 9.79 Å². The molecule has 2 aliphatic heterocycles. The van der Waals surface area contributed by atoms with Crippen molar-refractivity contribution >= 4 is 34.9 Å². The van der Waals surface area contributed by atoms with E-state index in [0.717, 1.165) is 59.4 Å². The van der Waals surface area contributed by atoms with Crippen LogP contribution in [0.5, 0.6) is 0 Å². The van der Waals surface area contributed by atoms with Crippen LogP contribution in [0.4, 0.5) is 5.82 Å². The van der Waals surface area contributed by atoms with E-state index in [1.165, 1.54) is 0 Å². The summed E-state index contributed by atoms with van der Waals surface area (Å²) in [6.45, 7) is 6.00. The van der Waals surface area contributed by atoms with Crippen LogP contribution < -0.4 is 16.4 Å². The molecule has 184 valence electrons. The zero-order valence-electron chi connectivity index (χ0n) is 20.4. The number of amides is 1. The maximum absolute atomic E-state index is 11.9. The van der Waals surface area contributed by atoms with Crippen LogP contribution in [0, 0.1) is 0 Å². The summed E-state index contributed by atoms with van der Waals surface area (Å²) in [6, 6.07) is 12.2. The highest BCUT2D eigenvalue weighted by Crippen LogP contribution is 2.30. The number of hydrogen-bond donors (Lipinski definition) is 3. The van der Waals surface area contributed by atoms with Gasteiger partial charge in [0.05, 0.1) is 17.7 Å². The van der Waals surface area contributed by atoms with Crippen molar-refractivity contribution in [3.63, 3.8) is 0 Å². The van der Waals surface area contributed by atoms with Crippen molar-refractivity contribution in [1.29, 1.82) is 0 Å². The lowest BCUT2D eigenvalue weighted by Gasteiger charge is -2.27. The zero-order chi connectivity index (χ0) is 25.1. The molecule has 1 aromatic carbocycles. The van der Waals surface area contributed by atoms with Gasteiger partial charge < -0.3 is 16.4 Å². The maximum Gasteiger partial charge on any atom is 0.227 e. The zero-order valence-corrected chi connectivity index (χ0v) is 20.4. The highest BCUT2D eigenvalue weighted by molar-refractivity contribution is 6.13. The Labute approximate surface area is 210 Å². The monoisotopic (exact) mass is 481 g/mol. The summed E-state index contributed by atoms with van der Waals surface area (Å²) >= 11 is 0. The number of fused-ring (bicyclic) bond motifs is 1. The molecule has 8 heteroatoms. The van der Waals surface area contributed by atoms with Crippen LogP contribution in [0.1, 0.15) is 61.8 Å². The summed E-state index contributed by atoms with van der Waals surface area (Å²) < 4.78 is 1.69. The molecule has 0 bridgehead atoms. The van der Waals surface area contributed by atoms with Crippen LogP contribution in [0.3, 0.4) is 0 Å². The van der Waals surface area contributed by atoms with Gasteiger partial charge in [0.1, 0.15) is 5.82 Å². The lowest BCUT2D eigenvalue weighted by molar-refractivity contribution is -0.122. The van der Waals surface area contributed by atoms with Gasteiger partial charge >= 0.3 is 0 Å². The molecule has 2 aliphatic rings. The van der Waals surface area contributed by atoms with Gasteiger partial charge in [-0.15, -0.1) is 0 Å². The van der Waals surface area contributed by atoms with Gasteiger partial charge in [-0.1, -0.05) is 56.0 Å². The average Bonchev–Trinajstić information content (AvgIpc) is 3.14. The van der Waals surface area contributed by atoms with Crippen molar-refractivity contribution in [3.8, 4) is 0 Å². The first kappa shape index (κ1) is 23.5. The topological polar surface area (TPSA) is 110 Å². The Kier molecular flexibility index (Phi) is 6.66. The summed E-state index contributed by atoms with van der Waals surface area (Å²) in [5.74, 6) is 1.34. The predicted octanol–water partition coefficient (Wildman–Crippen LogP) is 4.43. The Hall–Kier alpha value is -4.20. The number of nitrogen functional groups attached to an aromatic ring is 1. The molecular weight excluding hydrogens is 450 g/mol. The third-order valence-corrected chi connectivity index (χ3v) is 6.77. The number of aromatic nitrogens is 3. The molecule has 0 spiro atoms. The molecule has 5 rings (SSSR count). The number of nitrogens with two attached hydrogens (primary N) is 1. The lowest BCUT2D eigenvalue weighted by atomic mass is 9.92. The summed E-state index contributed by atoms with van der Waals surface area (Å²) in [4.78, 5) is 21.7. The number of carbonyl (C=O) groups excluding carboxylic acids is 1. The van der Waals surface area contributed by atoms with E-state index in [9.17, 15) is 4.79 Å². The van der Waals surface area contributed by atoms with E-state index in [1.807, 2.05) is 36.7 Å². The van der Waals surface area contributed by atoms with Crippen molar-refractivity contribution in [2.24, 2.45) is 4.99 Å². The van der Waals surface area contributed by atoms with Crippen molar-refractivity contribution in [3.05, 3.63) is 84.0 Å². The van der Waals surface area contributed by atoms with Crippen LogP contribution in [-0.4, -0.2) is 32.8 Å². The molecule has 36 heavy (non-hydrogen) atoms. The molecule has 4 heterocycles. The molecule has 2 unspecified atom stereocenters. The van der Waals surface area contributed by atoms with Gasteiger partial charge in [-0.05, 0) is 31.2 Å². The van der Waals surface area contributed by atoms with Crippen LogP contribution in [0.2, 0.25) is 0 Å². The van der Waals surface area contributed by atoms with Crippen molar-refractivity contribution in [1.82, 2.24) is 25.2 Å². The van der Waals surface area contributed by atoms with Crippen LogP contribution in [0.25, 0.3) is 16.9 Å².